The van der Waals surface area contributed by atoms with Gasteiger partial charge in [0.25, 0.3) is 0 Å². The number of guanidine groups is 1. The van der Waals surface area contributed by atoms with Crippen LogP contribution in [0.5, 0.6) is 0 Å². The Kier molecular flexibility index (Phi) is 8.28. The SMILES string of the molecule is CCNC(=NCCCCC(C)(C)C)NCCNC(=O)C1CC1. The summed E-state index contributed by atoms with van der Waals surface area (Å²) in [4.78, 5) is 16.1. The summed E-state index contributed by atoms with van der Waals surface area (Å²) in [7, 11) is 0. The molecule has 1 aliphatic carbocycles. The van der Waals surface area contributed by atoms with Crippen LogP contribution in [0.1, 0.15) is 59.8 Å². The molecule has 5 nitrogen and oxygen atoms in total. The molecule has 0 spiro atoms. The van der Waals surface area contributed by atoms with Crippen LogP contribution in [0.2, 0.25) is 0 Å². The normalized spacial score (nSPS) is 15.5. The predicted molar refractivity (Wildman–Crippen MR) is 93.0 cm³/mol. The third-order valence-electron chi connectivity index (χ3n) is 3.61. The van der Waals surface area contributed by atoms with Crippen LogP contribution in [0.15, 0.2) is 4.99 Å². The van der Waals surface area contributed by atoms with Crippen molar-refractivity contribution < 1.29 is 4.79 Å². The first kappa shape index (κ1) is 18.8. The molecule has 3 N–H and O–H groups in total. The lowest BCUT2D eigenvalue weighted by atomic mass is 9.90. The molecule has 0 aliphatic heterocycles. The number of carbonyl (C=O) groups is 1. The molecule has 1 amide bonds. The maximum Gasteiger partial charge on any atom is 0.223 e. The highest BCUT2D eigenvalue weighted by Gasteiger charge is 2.28. The molecule has 22 heavy (non-hydrogen) atoms. The molecule has 0 unspecified atom stereocenters. The fraction of sp³-hybridized carbons (Fsp3) is 0.882. The molecule has 0 bridgehead atoms. The van der Waals surface area contributed by atoms with Gasteiger partial charge in [-0.05, 0) is 38.0 Å². The first-order valence-electron chi connectivity index (χ1n) is 8.72. The Morgan fingerprint density at radius 3 is 2.36 bits per heavy atom. The van der Waals surface area contributed by atoms with Crippen LogP contribution in [0.25, 0.3) is 0 Å². The van der Waals surface area contributed by atoms with E-state index in [1.54, 1.807) is 0 Å². The summed E-state index contributed by atoms with van der Waals surface area (Å²) in [5.41, 5.74) is 0.409. The van der Waals surface area contributed by atoms with Crippen LogP contribution < -0.4 is 16.0 Å². The average Bonchev–Trinajstić information content (AvgIpc) is 3.26. The van der Waals surface area contributed by atoms with Gasteiger partial charge in [-0.1, -0.05) is 27.2 Å². The summed E-state index contributed by atoms with van der Waals surface area (Å²) >= 11 is 0. The van der Waals surface area contributed by atoms with Crippen molar-refractivity contribution in [3.05, 3.63) is 0 Å². The molecule has 5 heteroatoms. The van der Waals surface area contributed by atoms with Gasteiger partial charge in [0.1, 0.15) is 0 Å². The maximum absolute atomic E-state index is 11.5. The highest BCUT2D eigenvalue weighted by molar-refractivity contribution is 5.81. The molecule has 0 saturated heterocycles. The van der Waals surface area contributed by atoms with Crippen molar-refractivity contribution in [1.82, 2.24) is 16.0 Å². The molecule has 0 aromatic heterocycles. The van der Waals surface area contributed by atoms with Gasteiger partial charge < -0.3 is 16.0 Å². The summed E-state index contributed by atoms with van der Waals surface area (Å²) in [6.07, 6.45) is 5.67. The van der Waals surface area contributed by atoms with E-state index < -0.39 is 0 Å². The lowest BCUT2D eigenvalue weighted by Crippen LogP contribution is -2.41. The number of nitrogens with zero attached hydrogens (tertiary/aromatic N) is 1. The molecular formula is C17H34N4O. The maximum atomic E-state index is 11.5. The van der Waals surface area contributed by atoms with E-state index in [4.69, 9.17) is 0 Å². The Hall–Kier alpha value is -1.26. The van der Waals surface area contributed by atoms with Crippen molar-refractivity contribution in [3.63, 3.8) is 0 Å². The van der Waals surface area contributed by atoms with Gasteiger partial charge in [0.2, 0.25) is 5.91 Å². The Morgan fingerprint density at radius 2 is 1.77 bits per heavy atom. The molecule has 128 valence electrons. The second-order valence-corrected chi connectivity index (χ2v) is 7.27. The van der Waals surface area contributed by atoms with E-state index in [1.165, 1.54) is 12.8 Å². The number of hydrogen-bond acceptors (Lipinski definition) is 2. The van der Waals surface area contributed by atoms with E-state index >= 15 is 0 Å². The Morgan fingerprint density at radius 1 is 1.09 bits per heavy atom. The van der Waals surface area contributed by atoms with E-state index in [0.29, 0.717) is 18.5 Å². The van der Waals surface area contributed by atoms with Crippen LogP contribution >= 0.6 is 0 Å². The van der Waals surface area contributed by atoms with Crippen LogP contribution in [-0.2, 0) is 4.79 Å². The lowest BCUT2D eigenvalue weighted by molar-refractivity contribution is -0.122. The number of hydrogen-bond donors (Lipinski definition) is 3. The molecule has 0 aromatic carbocycles. The molecule has 0 radical (unpaired) electrons. The molecule has 1 saturated carbocycles. The van der Waals surface area contributed by atoms with Crippen molar-refractivity contribution >= 4 is 11.9 Å². The van der Waals surface area contributed by atoms with E-state index in [0.717, 1.165) is 38.3 Å². The third-order valence-corrected chi connectivity index (χ3v) is 3.61. The quantitative estimate of drug-likeness (QED) is 0.348. The van der Waals surface area contributed by atoms with Gasteiger partial charge in [0.15, 0.2) is 5.96 Å². The van der Waals surface area contributed by atoms with Crippen LogP contribution in [-0.4, -0.2) is 38.0 Å². The van der Waals surface area contributed by atoms with Gasteiger partial charge in [-0.2, -0.15) is 0 Å². The Labute approximate surface area is 135 Å². The van der Waals surface area contributed by atoms with Gasteiger partial charge in [-0.3, -0.25) is 9.79 Å². The van der Waals surface area contributed by atoms with Gasteiger partial charge in [0, 0.05) is 32.1 Å². The summed E-state index contributed by atoms with van der Waals surface area (Å²) in [5, 5.41) is 9.46. The Balaban J connectivity index is 2.13. The molecular weight excluding hydrogens is 276 g/mol. The fourth-order valence-electron chi connectivity index (χ4n) is 2.16. The largest absolute Gasteiger partial charge is 0.357 e. The number of rotatable bonds is 9. The zero-order chi connectivity index (χ0) is 16.4. The van der Waals surface area contributed by atoms with Crippen molar-refractivity contribution in [2.24, 2.45) is 16.3 Å². The molecule has 0 aromatic rings. The second-order valence-electron chi connectivity index (χ2n) is 7.27. The standard InChI is InChI=1S/C17H34N4O/c1-5-18-16(20-11-7-6-10-17(2,3)4)21-13-12-19-15(22)14-8-9-14/h14H,5-13H2,1-4H3,(H,19,22)(H2,18,20,21). The number of aliphatic imine (C=N–C) groups is 1. The van der Waals surface area contributed by atoms with Crippen LogP contribution in [0, 0.1) is 11.3 Å². The average molecular weight is 310 g/mol. The number of unbranched alkanes of at least 4 members (excludes halogenated alkanes) is 1. The first-order valence-corrected chi connectivity index (χ1v) is 8.72. The van der Waals surface area contributed by atoms with E-state index in [1.807, 2.05) is 0 Å². The molecule has 0 atom stereocenters. The highest BCUT2D eigenvalue weighted by Crippen LogP contribution is 2.28. The third kappa shape index (κ3) is 9.64. The fourth-order valence-corrected chi connectivity index (χ4v) is 2.16. The monoisotopic (exact) mass is 310 g/mol. The topological polar surface area (TPSA) is 65.5 Å². The summed E-state index contributed by atoms with van der Waals surface area (Å²) in [6, 6.07) is 0. The van der Waals surface area contributed by atoms with Gasteiger partial charge >= 0.3 is 0 Å². The predicted octanol–water partition coefficient (Wildman–Crippen LogP) is 2.28. The summed E-state index contributed by atoms with van der Waals surface area (Å²) in [5.74, 6) is 1.33. The van der Waals surface area contributed by atoms with Crippen molar-refractivity contribution in [2.45, 2.75) is 59.8 Å². The zero-order valence-electron chi connectivity index (χ0n) is 14.8. The second kappa shape index (κ2) is 9.70. The van der Waals surface area contributed by atoms with E-state index in [2.05, 4.69) is 48.6 Å². The minimum atomic E-state index is 0.200. The number of amides is 1. The Bertz CT molecular complexity index is 356. The van der Waals surface area contributed by atoms with Crippen molar-refractivity contribution in [3.8, 4) is 0 Å². The van der Waals surface area contributed by atoms with Crippen LogP contribution in [0.4, 0.5) is 0 Å². The highest BCUT2D eigenvalue weighted by atomic mass is 16.2. The van der Waals surface area contributed by atoms with E-state index in [-0.39, 0.29) is 11.8 Å². The van der Waals surface area contributed by atoms with Crippen molar-refractivity contribution in [2.75, 3.05) is 26.2 Å². The summed E-state index contributed by atoms with van der Waals surface area (Å²) in [6.45, 7) is 12.0. The molecule has 0 heterocycles. The van der Waals surface area contributed by atoms with E-state index in [9.17, 15) is 4.79 Å². The lowest BCUT2D eigenvalue weighted by Gasteiger charge is -2.17. The molecule has 1 aliphatic rings. The first-order chi connectivity index (χ1) is 10.4. The van der Waals surface area contributed by atoms with Gasteiger partial charge in [0.05, 0.1) is 0 Å². The minimum absolute atomic E-state index is 0.200. The van der Waals surface area contributed by atoms with Gasteiger partial charge in [-0.15, -0.1) is 0 Å². The van der Waals surface area contributed by atoms with Crippen LogP contribution in [0.3, 0.4) is 0 Å². The zero-order valence-corrected chi connectivity index (χ0v) is 14.8. The van der Waals surface area contributed by atoms with Gasteiger partial charge in [-0.25, -0.2) is 0 Å². The summed E-state index contributed by atoms with van der Waals surface area (Å²) < 4.78 is 0. The number of carbonyl (C=O) groups excluding carboxylic acids is 1. The molecule has 1 fully saturated rings. The molecule has 1 rings (SSSR count). The smallest absolute Gasteiger partial charge is 0.223 e. The van der Waals surface area contributed by atoms with Crippen molar-refractivity contribution in [1.29, 1.82) is 0 Å². The minimum Gasteiger partial charge on any atom is -0.357 e. The number of nitrogens with one attached hydrogen (secondary N) is 3.